The van der Waals surface area contributed by atoms with Crippen molar-refractivity contribution in [1.82, 2.24) is 9.55 Å². The van der Waals surface area contributed by atoms with Gasteiger partial charge in [0, 0.05) is 29.6 Å². The van der Waals surface area contributed by atoms with Gasteiger partial charge < -0.3 is 4.74 Å². The highest BCUT2D eigenvalue weighted by molar-refractivity contribution is 5.96. The van der Waals surface area contributed by atoms with Crippen LogP contribution in [-0.4, -0.2) is 27.6 Å². The van der Waals surface area contributed by atoms with Gasteiger partial charge in [0.25, 0.3) is 11.2 Å². The van der Waals surface area contributed by atoms with E-state index >= 15 is 0 Å². The molecule has 0 aliphatic rings. The van der Waals surface area contributed by atoms with Crippen LogP contribution in [0.5, 0.6) is 0 Å². The minimum Gasteiger partial charge on any atom is -0.465 e. The fraction of sp³-hybridized carbons (Fsp3) is 0.0556. The van der Waals surface area contributed by atoms with Gasteiger partial charge in [0.2, 0.25) is 0 Å². The molecular formula is C18H12FN3O5. The zero-order valence-corrected chi connectivity index (χ0v) is 14.0. The molecule has 0 fully saturated rings. The lowest BCUT2D eigenvalue weighted by molar-refractivity contribution is -0.385. The molecule has 0 saturated carbocycles. The van der Waals surface area contributed by atoms with E-state index in [-0.39, 0.29) is 22.5 Å². The second kappa shape index (κ2) is 7.16. The Balaban J connectivity index is 2.21. The standard InChI is InChI=1S/C18H12FN3O5/c1-27-18(24)14-8-17(23)21(12-4-2-11(19)3-5-12)10-15(14)16-7-6-13(9-20-16)22(25)26/h2-10H,1H3. The third-order valence-corrected chi connectivity index (χ3v) is 3.80. The van der Waals surface area contributed by atoms with Crippen molar-refractivity contribution >= 4 is 11.7 Å². The van der Waals surface area contributed by atoms with Crippen LogP contribution >= 0.6 is 0 Å². The number of benzene rings is 1. The number of carbonyl (C=O) groups excluding carboxylic acids is 1. The topological polar surface area (TPSA) is 104 Å². The van der Waals surface area contributed by atoms with E-state index in [9.17, 15) is 24.1 Å². The first-order valence-corrected chi connectivity index (χ1v) is 7.62. The first-order chi connectivity index (χ1) is 12.9. The van der Waals surface area contributed by atoms with E-state index in [1.165, 1.54) is 54.3 Å². The van der Waals surface area contributed by atoms with Gasteiger partial charge in [0.1, 0.15) is 12.0 Å². The summed E-state index contributed by atoms with van der Waals surface area (Å²) in [7, 11) is 1.17. The Hall–Kier alpha value is -3.88. The molecule has 0 radical (unpaired) electrons. The lowest BCUT2D eigenvalue weighted by Crippen LogP contribution is -2.20. The van der Waals surface area contributed by atoms with Crippen molar-refractivity contribution in [2.24, 2.45) is 0 Å². The van der Waals surface area contributed by atoms with Gasteiger partial charge in [-0.05, 0) is 30.3 Å². The third kappa shape index (κ3) is 3.56. The number of nitrogens with zero attached hydrogens (tertiary/aromatic N) is 3. The van der Waals surface area contributed by atoms with E-state index in [1.54, 1.807) is 0 Å². The number of ether oxygens (including phenoxy) is 1. The maximum Gasteiger partial charge on any atom is 0.338 e. The zero-order valence-electron chi connectivity index (χ0n) is 14.0. The summed E-state index contributed by atoms with van der Waals surface area (Å²) in [6.45, 7) is 0. The summed E-state index contributed by atoms with van der Waals surface area (Å²) in [5, 5.41) is 10.8. The van der Waals surface area contributed by atoms with E-state index in [0.29, 0.717) is 5.69 Å². The average molecular weight is 369 g/mol. The highest BCUT2D eigenvalue weighted by Gasteiger charge is 2.18. The number of methoxy groups -OCH3 is 1. The Kier molecular flexibility index (Phi) is 4.75. The van der Waals surface area contributed by atoms with Gasteiger partial charge in [-0.2, -0.15) is 0 Å². The Morgan fingerprint density at radius 2 is 1.93 bits per heavy atom. The van der Waals surface area contributed by atoms with Crippen LogP contribution < -0.4 is 5.56 Å². The summed E-state index contributed by atoms with van der Waals surface area (Å²) < 4.78 is 19.1. The second-order valence-electron chi connectivity index (χ2n) is 5.44. The molecule has 2 heterocycles. The molecular weight excluding hydrogens is 357 g/mol. The number of carbonyl (C=O) groups is 1. The summed E-state index contributed by atoms with van der Waals surface area (Å²) >= 11 is 0. The smallest absolute Gasteiger partial charge is 0.338 e. The van der Waals surface area contributed by atoms with Crippen molar-refractivity contribution in [2.45, 2.75) is 0 Å². The predicted octanol–water partition coefficient (Wildman–Crippen LogP) is 2.73. The summed E-state index contributed by atoms with van der Waals surface area (Å²) in [4.78, 5) is 38.7. The average Bonchev–Trinajstić information content (AvgIpc) is 2.68. The molecule has 0 unspecified atom stereocenters. The molecule has 0 N–H and O–H groups in total. The van der Waals surface area contributed by atoms with E-state index in [2.05, 4.69) is 4.98 Å². The molecule has 3 rings (SSSR count). The van der Waals surface area contributed by atoms with Crippen LogP contribution in [0.2, 0.25) is 0 Å². The van der Waals surface area contributed by atoms with Crippen molar-refractivity contribution in [1.29, 1.82) is 0 Å². The fourth-order valence-corrected chi connectivity index (χ4v) is 2.47. The van der Waals surface area contributed by atoms with E-state index in [4.69, 9.17) is 4.74 Å². The van der Waals surface area contributed by atoms with Crippen molar-refractivity contribution in [2.75, 3.05) is 7.11 Å². The predicted molar refractivity (Wildman–Crippen MR) is 93.2 cm³/mol. The number of nitro groups is 1. The number of pyridine rings is 2. The largest absolute Gasteiger partial charge is 0.465 e. The van der Waals surface area contributed by atoms with Gasteiger partial charge in [-0.1, -0.05) is 0 Å². The summed E-state index contributed by atoms with van der Waals surface area (Å²) in [6.07, 6.45) is 2.40. The summed E-state index contributed by atoms with van der Waals surface area (Å²) in [5.41, 5.74) is 0.0543. The number of hydrogen-bond acceptors (Lipinski definition) is 6. The molecule has 27 heavy (non-hydrogen) atoms. The second-order valence-corrected chi connectivity index (χ2v) is 5.44. The first kappa shape index (κ1) is 17.9. The lowest BCUT2D eigenvalue weighted by Gasteiger charge is -2.12. The molecule has 9 heteroatoms. The lowest BCUT2D eigenvalue weighted by atomic mass is 10.1. The summed E-state index contributed by atoms with van der Waals surface area (Å²) in [6, 6.07) is 8.87. The molecule has 1 aromatic carbocycles. The molecule has 0 bridgehead atoms. The molecule has 0 saturated heterocycles. The van der Waals surface area contributed by atoms with Crippen molar-refractivity contribution in [3.63, 3.8) is 0 Å². The number of hydrogen-bond donors (Lipinski definition) is 0. The van der Waals surface area contributed by atoms with Crippen LogP contribution in [0.25, 0.3) is 16.9 Å². The van der Waals surface area contributed by atoms with E-state index in [1.807, 2.05) is 0 Å². The van der Waals surface area contributed by atoms with Crippen molar-refractivity contribution in [3.05, 3.63) is 86.7 Å². The molecule has 0 aliphatic heterocycles. The van der Waals surface area contributed by atoms with Crippen LogP contribution in [0, 0.1) is 15.9 Å². The molecule has 0 amide bonds. The van der Waals surface area contributed by atoms with Crippen LogP contribution in [0.15, 0.2) is 59.7 Å². The normalized spacial score (nSPS) is 10.4. The van der Waals surface area contributed by atoms with Gasteiger partial charge >= 0.3 is 5.97 Å². The van der Waals surface area contributed by atoms with Gasteiger partial charge in [-0.15, -0.1) is 0 Å². The first-order valence-electron chi connectivity index (χ1n) is 7.62. The minimum absolute atomic E-state index is 0.0396. The number of aromatic nitrogens is 2. The highest BCUT2D eigenvalue weighted by Crippen LogP contribution is 2.24. The van der Waals surface area contributed by atoms with E-state index < -0.39 is 22.3 Å². The van der Waals surface area contributed by atoms with Gasteiger partial charge in [-0.25, -0.2) is 14.2 Å². The number of esters is 1. The van der Waals surface area contributed by atoms with Gasteiger partial charge in [0.05, 0.1) is 23.3 Å². The SMILES string of the molecule is COC(=O)c1cc(=O)n(-c2ccc(F)cc2)cc1-c1ccc([N+](=O)[O-])cn1. The maximum absolute atomic E-state index is 13.2. The molecule has 8 nitrogen and oxygen atoms in total. The Bertz CT molecular complexity index is 1080. The van der Waals surface area contributed by atoms with Crippen molar-refractivity contribution < 1.29 is 18.8 Å². The molecule has 0 aliphatic carbocycles. The molecule has 2 aromatic heterocycles. The van der Waals surface area contributed by atoms with Gasteiger partial charge in [-0.3, -0.25) is 19.5 Å². The van der Waals surface area contributed by atoms with Crippen molar-refractivity contribution in [3.8, 4) is 16.9 Å². The molecule has 0 atom stereocenters. The third-order valence-electron chi connectivity index (χ3n) is 3.80. The van der Waals surface area contributed by atoms with E-state index in [0.717, 1.165) is 12.3 Å². The quantitative estimate of drug-likeness (QED) is 0.398. The Morgan fingerprint density at radius 1 is 1.22 bits per heavy atom. The van der Waals surface area contributed by atoms with Crippen LogP contribution in [0.4, 0.5) is 10.1 Å². The fourth-order valence-electron chi connectivity index (χ4n) is 2.47. The molecule has 3 aromatic rings. The number of rotatable bonds is 4. The maximum atomic E-state index is 13.2. The molecule has 0 spiro atoms. The number of halogens is 1. The van der Waals surface area contributed by atoms with Crippen LogP contribution in [-0.2, 0) is 4.74 Å². The monoisotopic (exact) mass is 369 g/mol. The summed E-state index contributed by atoms with van der Waals surface area (Å²) in [5.74, 6) is -1.22. The van der Waals surface area contributed by atoms with Crippen LogP contribution in [0.1, 0.15) is 10.4 Å². The molecule has 136 valence electrons. The van der Waals surface area contributed by atoms with Crippen LogP contribution in [0.3, 0.4) is 0 Å². The Labute approximate surface area is 151 Å². The Morgan fingerprint density at radius 3 is 2.48 bits per heavy atom. The zero-order chi connectivity index (χ0) is 19.6. The minimum atomic E-state index is -0.756. The highest BCUT2D eigenvalue weighted by atomic mass is 19.1. The van der Waals surface area contributed by atoms with Gasteiger partial charge in [0.15, 0.2) is 0 Å².